The van der Waals surface area contributed by atoms with E-state index in [0.29, 0.717) is 10.7 Å². The molecule has 0 fully saturated rings. The van der Waals surface area contributed by atoms with E-state index in [0.717, 1.165) is 0 Å². The molecule has 0 aliphatic carbocycles. The van der Waals surface area contributed by atoms with Crippen molar-refractivity contribution in [2.24, 2.45) is 11.6 Å². The molecule has 82 valence electrons. The highest BCUT2D eigenvalue weighted by Crippen LogP contribution is 2.07. The van der Waals surface area contributed by atoms with E-state index in [9.17, 15) is 4.79 Å². The van der Waals surface area contributed by atoms with Gasteiger partial charge in [0.2, 0.25) is 0 Å². The highest BCUT2D eigenvalue weighted by atomic mass is 35.5. The lowest BCUT2D eigenvalue weighted by atomic mass is 9.80. The molecule has 0 radical (unpaired) electrons. The summed E-state index contributed by atoms with van der Waals surface area (Å²) in [7, 11) is -1.60. The molecule has 6 nitrogen and oxygen atoms in total. The number of hydrogen-bond acceptors (Lipinski definition) is 4. The van der Waals surface area contributed by atoms with E-state index in [2.05, 4.69) is 0 Å². The van der Waals surface area contributed by atoms with Gasteiger partial charge in [-0.15, -0.1) is 12.4 Å². The maximum atomic E-state index is 10.7. The van der Waals surface area contributed by atoms with Crippen LogP contribution in [0.5, 0.6) is 0 Å². The van der Waals surface area contributed by atoms with E-state index >= 15 is 0 Å². The van der Waals surface area contributed by atoms with Crippen LogP contribution >= 0.6 is 12.4 Å². The minimum Gasteiger partial charge on any atom is -0.423 e. The molecule has 0 bridgehead atoms. The molecule has 0 spiro atoms. The predicted octanol–water partition coefficient (Wildman–Crippen LogP) is -1.45. The van der Waals surface area contributed by atoms with E-state index in [-0.39, 0.29) is 17.9 Å². The lowest BCUT2D eigenvalue weighted by Crippen LogP contribution is -2.42. The van der Waals surface area contributed by atoms with E-state index in [4.69, 9.17) is 21.6 Å². The Labute approximate surface area is 93.0 Å². The number of benzene rings is 1. The number of nitrogens with two attached hydrogens (primary N) is 2. The standard InChI is InChI=1S/C7H10BN3O3.ClH/c9-7(12)11(10)6-3-1-2-5(4-6)8(13)14;/h1-4,13-14H,10H2,(H2,9,12);1H. The molecule has 8 heteroatoms. The summed E-state index contributed by atoms with van der Waals surface area (Å²) in [4.78, 5) is 10.7. The number of carbonyl (C=O) groups excluding carboxylic acids is 1. The third kappa shape index (κ3) is 3.41. The van der Waals surface area contributed by atoms with Gasteiger partial charge in [-0.3, -0.25) is 0 Å². The minimum absolute atomic E-state index is 0. The Morgan fingerprint density at radius 2 is 2.00 bits per heavy atom. The number of primary amides is 1. The topological polar surface area (TPSA) is 113 Å². The highest BCUT2D eigenvalue weighted by Gasteiger charge is 2.13. The number of nitrogens with zero attached hydrogens (tertiary/aromatic N) is 1. The normalized spacial score (nSPS) is 9.00. The molecule has 0 aliphatic rings. The summed E-state index contributed by atoms with van der Waals surface area (Å²) >= 11 is 0. The molecular weight excluding hydrogens is 220 g/mol. The van der Waals surface area contributed by atoms with Crippen molar-refractivity contribution >= 4 is 36.7 Å². The van der Waals surface area contributed by atoms with Gasteiger partial charge in [-0.25, -0.2) is 15.6 Å². The number of halogens is 1. The molecule has 0 aromatic heterocycles. The van der Waals surface area contributed by atoms with Crippen LogP contribution in [0.1, 0.15) is 0 Å². The summed E-state index contributed by atoms with van der Waals surface area (Å²) in [6.45, 7) is 0. The SMILES string of the molecule is Cl.NC(=O)N(N)c1cccc(B(O)O)c1. The van der Waals surface area contributed by atoms with Gasteiger partial charge in [-0.05, 0) is 17.6 Å². The summed E-state index contributed by atoms with van der Waals surface area (Å²) in [6, 6.07) is 5.08. The van der Waals surface area contributed by atoms with Gasteiger partial charge in [0.1, 0.15) is 0 Å². The summed E-state index contributed by atoms with van der Waals surface area (Å²) in [6.07, 6.45) is 0. The second kappa shape index (κ2) is 5.57. The van der Waals surface area contributed by atoms with Crippen molar-refractivity contribution in [3.8, 4) is 0 Å². The van der Waals surface area contributed by atoms with Crippen molar-refractivity contribution in [2.75, 3.05) is 5.01 Å². The molecule has 0 heterocycles. The van der Waals surface area contributed by atoms with Crippen LogP contribution in [0.25, 0.3) is 0 Å². The zero-order valence-corrected chi connectivity index (χ0v) is 8.52. The monoisotopic (exact) mass is 231 g/mol. The van der Waals surface area contributed by atoms with Crippen LogP contribution in [-0.4, -0.2) is 23.2 Å². The van der Waals surface area contributed by atoms with Crippen molar-refractivity contribution in [1.82, 2.24) is 0 Å². The Hall–Kier alpha value is -1.28. The van der Waals surface area contributed by atoms with Gasteiger partial charge >= 0.3 is 13.1 Å². The smallest absolute Gasteiger partial charge is 0.423 e. The van der Waals surface area contributed by atoms with Gasteiger partial charge < -0.3 is 15.8 Å². The Morgan fingerprint density at radius 3 is 2.47 bits per heavy atom. The molecule has 1 aromatic rings. The first-order chi connectivity index (χ1) is 6.52. The summed E-state index contributed by atoms with van der Waals surface area (Å²) in [5.74, 6) is 5.30. The Balaban J connectivity index is 0.00000196. The lowest BCUT2D eigenvalue weighted by molar-refractivity contribution is 0.254. The molecule has 0 saturated carbocycles. The number of carbonyl (C=O) groups is 1. The fourth-order valence-corrected chi connectivity index (χ4v) is 0.962. The van der Waals surface area contributed by atoms with Crippen LogP contribution in [0.3, 0.4) is 0 Å². The average Bonchev–Trinajstić information content (AvgIpc) is 2.16. The third-order valence-corrected chi connectivity index (χ3v) is 1.68. The molecule has 6 N–H and O–H groups in total. The molecule has 0 atom stereocenters. The largest absolute Gasteiger partial charge is 0.488 e. The molecule has 1 rings (SSSR count). The quantitative estimate of drug-likeness (QED) is 0.216. The number of hydrazine groups is 1. The van der Waals surface area contributed by atoms with Crippen LogP contribution in [-0.2, 0) is 0 Å². The average molecular weight is 231 g/mol. The first kappa shape index (κ1) is 13.7. The molecule has 0 unspecified atom stereocenters. The van der Waals surface area contributed by atoms with Gasteiger partial charge in [0, 0.05) is 0 Å². The molecule has 15 heavy (non-hydrogen) atoms. The molecule has 0 aliphatic heterocycles. The van der Waals surface area contributed by atoms with E-state index in [1.807, 2.05) is 0 Å². The maximum Gasteiger partial charge on any atom is 0.488 e. The van der Waals surface area contributed by atoms with Crippen LogP contribution in [0.4, 0.5) is 10.5 Å². The van der Waals surface area contributed by atoms with E-state index in [1.165, 1.54) is 24.3 Å². The van der Waals surface area contributed by atoms with Gasteiger partial charge in [0.05, 0.1) is 5.69 Å². The van der Waals surface area contributed by atoms with E-state index in [1.54, 1.807) is 0 Å². The summed E-state index contributed by atoms with van der Waals surface area (Å²) in [5, 5.41) is 18.4. The zero-order valence-electron chi connectivity index (χ0n) is 7.70. The first-order valence-electron chi connectivity index (χ1n) is 3.82. The van der Waals surface area contributed by atoms with Gasteiger partial charge in [-0.1, -0.05) is 12.1 Å². The number of rotatable bonds is 2. The fourth-order valence-electron chi connectivity index (χ4n) is 0.962. The van der Waals surface area contributed by atoms with Crippen LogP contribution < -0.4 is 22.0 Å². The maximum absolute atomic E-state index is 10.7. The van der Waals surface area contributed by atoms with Crippen LogP contribution in [0.2, 0.25) is 0 Å². The Morgan fingerprint density at radius 1 is 1.40 bits per heavy atom. The van der Waals surface area contributed by atoms with Crippen LogP contribution in [0, 0.1) is 0 Å². The molecule has 1 aromatic carbocycles. The molecule has 2 amide bonds. The van der Waals surface area contributed by atoms with Crippen molar-refractivity contribution in [1.29, 1.82) is 0 Å². The van der Waals surface area contributed by atoms with Crippen molar-refractivity contribution in [3.63, 3.8) is 0 Å². The summed E-state index contributed by atoms with van der Waals surface area (Å²) < 4.78 is 0. The number of anilines is 1. The van der Waals surface area contributed by atoms with Crippen molar-refractivity contribution < 1.29 is 14.8 Å². The fraction of sp³-hybridized carbons (Fsp3) is 0. The highest BCUT2D eigenvalue weighted by molar-refractivity contribution is 6.58. The number of amides is 2. The summed E-state index contributed by atoms with van der Waals surface area (Å²) in [5.41, 5.74) is 5.46. The molecule has 0 saturated heterocycles. The van der Waals surface area contributed by atoms with Crippen LogP contribution in [0.15, 0.2) is 24.3 Å². The lowest BCUT2D eigenvalue weighted by Gasteiger charge is -2.14. The van der Waals surface area contributed by atoms with Crippen molar-refractivity contribution in [3.05, 3.63) is 24.3 Å². The second-order valence-corrected chi connectivity index (χ2v) is 2.68. The minimum atomic E-state index is -1.60. The van der Waals surface area contributed by atoms with Gasteiger partial charge in [0.25, 0.3) is 0 Å². The Bertz CT molecular complexity index is 350. The molecular formula is C7H11BClN3O3. The number of hydrogen-bond donors (Lipinski definition) is 4. The first-order valence-corrected chi connectivity index (χ1v) is 3.82. The Kier molecular flexibility index (Phi) is 5.09. The predicted molar refractivity (Wildman–Crippen MR) is 59.8 cm³/mol. The van der Waals surface area contributed by atoms with Gasteiger partial charge in [0.15, 0.2) is 0 Å². The second-order valence-electron chi connectivity index (χ2n) is 2.68. The van der Waals surface area contributed by atoms with E-state index < -0.39 is 13.1 Å². The number of urea groups is 1. The zero-order chi connectivity index (χ0) is 10.7. The third-order valence-electron chi connectivity index (χ3n) is 1.68. The van der Waals surface area contributed by atoms with Crippen molar-refractivity contribution in [2.45, 2.75) is 0 Å². The van der Waals surface area contributed by atoms with Gasteiger partial charge in [-0.2, -0.15) is 0 Å².